The summed E-state index contributed by atoms with van der Waals surface area (Å²) >= 11 is 0. The molecular formula is C20H28F2IN5O3. The number of methoxy groups -OCH3 is 1. The van der Waals surface area contributed by atoms with Gasteiger partial charge in [-0.05, 0) is 24.6 Å². The first kappa shape index (κ1) is 25.1. The van der Waals surface area contributed by atoms with Crippen molar-refractivity contribution in [3.63, 3.8) is 0 Å². The van der Waals surface area contributed by atoms with E-state index in [-0.39, 0.29) is 35.5 Å². The molecule has 31 heavy (non-hydrogen) atoms. The number of benzene rings is 1. The van der Waals surface area contributed by atoms with E-state index in [0.717, 1.165) is 56.5 Å². The van der Waals surface area contributed by atoms with Crippen molar-refractivity contribution >= 4 is 29.9 Å². The largest absolute Gasteiger partial charge is 0.493 e. The molecule has 2 heterocycles. The van der Waals surface area contributed by atoms with Crippen LogP contribution in [0.5, 0.6) is 11.5 Å². The molecule has 11 heteroatoms. The fourth-order valence-corrected chi connectivity index (χ4v) is 3.27. The number of nitrogens with zero attached hydrogens (tertiary/aromatic N) is 4. The highest BCUT2D eigenvalue weighted by Crippen LogP contribution is 2.29. The Kier molecular flexibility index (Phi) is 10.2. The fourth-order valence-electron chi connectivity index (χ4n) is 3.27. The first-order valence-electron chi connectivity index (χ1n) is 9.85. The van der Waals surface area contributed by atoms with Gasteiger partial charge in [0.25, 0.3) is 0 Å². The monoisotopic (exact) mass is 551 g/mol. The van der Waals surface area contributed by atoms with E-state index in [2.05, 4.69) is 30.0 Å². The summed E-state index contributed by atoms with van der Waals surface area (Å²) < 4.78 is 39.8. The molecule has 8 nitrogen and oxygen atoms in total. The number of rotatable bonds is 8. The Hall–Kier alpha value is -2.15. The third-order valence-corrected chi connectivity index (χ3v) is 4.74. The highest BCUT2D eigenvalue weighted by atomic mass is 127. The lowest BCUT2D eigenvalue weighted by Gasteiger charge is -2.36. The predicted molar refractivity (Wildman–Crippen MR) is 123 cm³/mol. The van der Waals surface area contributed by atoms with Crippen molar-refractivity contribution in [1.29, 1.82) is 0 Å². The maximum absolute atomic E-state index is 12.6. The average Bonchev–Trinajstić information content (AvgIpc) is 3.24. The maximum atomic E-state index is 12.6. The summed E-state index contributed by atoms with van der Waals surface area (Å²) in [6.45, 7) is 4.35. The molecule has 0 saturated carbocycles. The smallest absolute Gasteiger partial charge is 0.387 e. The molecule has 3 rings (SSSR count). The maximum Gasteiger partial charge on any atom is 0.387 e. The number of halogens is 3. The second-order valence-electron chi connectivity index (χ2n) is 6.79. The van der Waals surface area contributed by atoms with Crippen LogP contribution in [0.2, 0.25) is 0 Å². The third-order valence-electron chi connectivity index (χ3n) is 4.74. The molecule has 1 aromatic carbocycles. The number of ether oxygens (including phenoxy) is 2. The van der Waals surface area contributed by atoms with Crippen molar-refractivity contribution < 1.29 is 22.8 Å². The molecule has 0 atom stereocenters. The second kappa shape index (κ2) is 12.6. The van der Waals surface area contributed by atoms with E-state index in [4.69, 9.17) is 9.26 Å². The molecule has 2 aromatic rings. The lowest BCUT2D eigenvalue weighted by Crippen LogP contribution is -2.52. The fraction of sp³-hybridized carbons (Fsp3) is 0.500. The zero-order valence-corrected chi connectivity index (χ0v) is 19.9. The van der Waals surface area contributed by atoms with E-state index in [9.17, 15) is 8.78 Å². The van der Waals surface area contributed by atoms with Gasteiger partial charge in [-0.1, -0.05) is 11.2 Å². The predicted octanol–water partition coefficient (Wildman–Crippen LogP) is 3.19. The number of guanidine groups is 1. The van der Waals surface area contributed by atoms with Gasteiger partial charge in [-0.2, -0.15) is 8.78 Å². The summed E-state index contributed by atoms with van der Waals surface area (Å²) in [5.41, 5.74) is 1.68. The molecule has 1 N–H and O–H groups in total. The van der Waals surface area contributed by atoms with Crippen molar-refractivity contribution in [2.75, 3.05) is 39.8 Å². The number of nitrogens with one attached hydrogen (secondary N) is 1. The van der Waals surface area contributed by atoms with Gasteiger partial charge in [-0.15, -0.1) is 24.0 Å². The van der Waals surface area contributed by atoms with Gasteiger partial charge in [0.05, 0.1) is 19.3 Å². The Balaban J connectivity index is 0.00000341. The zero-order valence-electron chi connectivity index (χ0n) is 17.6. The SMILES string of the molecule is CCNC(=NCc1ccc(OC)c(OC(F)F)c1)N1CCN(Cc2ccon2)CC1.I. The van der Waals surface area contributed by atoms with Crippen LogP contribution in [0.15, 0.2) is 40.0 Å². The van der Waals surface area contributed by atoms with Crippen molar-refractivity contribution in [1.82, 2.24) is 20.3 Å². The Morgan fingerprint density at radius 2 is 2.00 bits per heavy atom. The van der Waals surface area contributed by atoms with Gasteiger partial charge < -0.3 is 24.2 Å². The molecule has 0 bridgehead atoms. The molecule has 0 amide bonds. The summed E-state index contributed by atoms with van der Waals surface area (Å²) in [4.78, 5) is 9.20. The number of hydrogen-bond acceptors (Lipinski definition) is 6. The van der Waals surface area contributed by atoms with Gasteiger partial charge in [0.15, 0.2) is 17.5 Å². The summed E-state index contributed by atoms with van der Waals surface area (Å²) in [5, 5.41) is 7.27. The molecule has 0 aliphatic carbocycles. The molecular weight excluding hydrogens is 523 g/mol. The van der Waals surface area contributed by atoms with Gasteiger partial charge >= 0.3 is 6.61 Å². The summed E-state index contributed by atoms with van der Waals surface area (Å²) in [6.07, 6.45) is 1.58. The summed E-state index contributed by atoms with van der Waals surface area (Å²) in [5.74, 6) is 1.07. The minimum atomic E-state index is -2.91. The quantitative estimate of drug-likeness (QED) is 0.307. The lowest BCUT2D eigenvalue weighted by molar-refractivity contribution is -0.0512. The Labute approximate surface area is 197 Å². The van der Waals surface area contributed by atoms with Crippen molar-refractivity contribution in [2.45, 2.75) is 26.6 Å². The molecule has 1 fully saturated rings. The minimum absolute atomic E-state index is 0. The molecule has 1 aliphatic rings. The Bertz CT molecular complexity index is 815. The van der Waals surface area contributed by atoms with Crippen LogP contribution in [-0.4, -0.2) is 67.4 Å². The number of alkyl halides is 2. The van der Waals surface area contributed by atoms with Gasteiger partial charge in [0, 0.05) is 45.3 Å². The summed E-state index contributed by atoms with van der Waals surface area (Å²) in [6, 6.07) is 6.81. The Morgan fingerprint density at radius 1 is 1.23 bits per heavy atom. The van der Waals surface area contributed by atoms with Crippen LogP contribution in [0.25, 0.3) is 0 Å². The molecule has 0 radical (unpaired) electrons. The molecule has 1 aromatic heterocycles. The molecule has 0 spiro atoms. The van der Waals surface area contributed by atoms with Gasteiger partial charge in [0.1, 0.15) is 6.26 Å². The molecule has 0 unspecified atom stereocenters. The average molecular weight is 551 g/mol. The standard InChI is InChI=1S/C20H27F2N5O3.HI/c1-3-23-20(27-9-7-26(8-10-27)14-16-6-11-29-25-16)24-13-15-4-5-17(28-2)18(12-15)30-19(21)22;/h4-6,11-12,19H,3,7-10,13-14H2,1-2H3,(H,23,24);1H. The number of piperazine rings is 1. The minimum Gasteiger partial charge on any atom is -0.493 e. The van der Waals surface area contributed by atoms with Crippen LogP contribution in [0, 0.1) is 0 Å². The zero-order chi connectivity index (χ0) is 21.3. The van der Waals surface area contributed by atoms with Crippen molar-refractivity contribution in [3.8, 4) is 11.5 Å². The van der Waals surface area contributed by atoms with Crippen LogP contribution >= 0.6 is 24.0 Å². The highest BCUT2D eigenvalue weighted by molar-refractivity contribution is 14.0. The number of aromatic nitrogens is 1. The molecule has 172 valence electrons. The Morgan fingerprint density at radius 3 is 2.61 bits per heavy atom. The number of hydrogen-bond donors (Lipinski definition) is 1. The van der Waals surface area contributed by atoms with Crippen LogP contribution in [0.3, 0.4) is 0 Å². The van der Waals surface area contributed by atoms with Crippen LogP contribution in [-0.2, 0) is 13.1 Å². The van der Waals surface area contributed by atoms with Crippen molar-refractivity contribution in [2.24, 2.45) is 4.99 Å². The van der Waals surface area contributed by atoms with E-state index in [1.165, 1.54) is 13.2 Å². The molecule has 1 saturated heterocycles. The van der Waals surface area contributed by atoms with Crippen LogP contribution in [0.1, 0.15) is 18.2 Å². The number of aliphatic imine (C=N–C) groups is 1. The first-order valence-corrected chi connectivity index (χ1v) is 9.85. The van der Waals surface area contributed by atoms with E-state index in [1.807, 2.05) is 13.0 Å². The summed E-state index contributed by atoms with van der Waals surface area (Å²) in [7, 11) is 1.41. The van der Waals surface area contributed by atoms with Crippen molar-refractivity contribution in [3.05, 3.63) is 41.8 Å². The van der Waals surface area contributed by atoms with E-state index < -0.39 is 6.61 Å². The van der Waals surface area contributed by atoms with Gasteiger partial charge in [0.2, 0.25) is 0 Å². The molecule has 1 aliphatic heterocycles. The lowest BCUT2D eigenvalue weighted by atomic mass is 10.2. The van der Waals surface area contributed by atoms with E-state index in [0.29, 0.717) is 6.54 Å². The first-order chi connectivity index (χ1) is 14.6. The third kappa shape index (κ3) is 7.49. The van der Waals surface area contributed by atoms with E-state index >= 15 is 0 Å². The van der Waals surface area contributed by atoms with Gasteiger partial charge in [-0.3, -0.25) is 4.90 Å². The highest BCUT2D eigenvalue weighted by Gasteiger charge is 2.20. The topological polar surface area (TPSA) is 75.4 Å². The normalized spacial score (nSPS) is 15.0. The second-order valence-corrected chi connectivity index (χ2v) is 6.79. The van der Waals surface area contributed by atoms with Crippen LogP contribution < -0.4 is 14.8 Å². The van der Waals surface area contributed by atoms with Crippen LogP contribution in [0.4, 0.5) is 8.78 Å². The van der Waals surface area contributed by atoms with E-state index in [1.54, 1.807) is 18.4 Å². The van der Waals surface area contributed by atoms with Gasteiger partial charge in [-0.25, -0.2) is 4.99 Å².